The third kappa shape index (κ3) is 3.41. The summed E-state index contributed by atoms with van der Waals surface area (Å²) >= 11 is 0. The molecule has 2 fully saturated rings. The Labute approximate surface area is 176 Å². The average molecular weight is 412 g/mol. The molecule has 0 radical (unpaired) electrons. The second-order valence-corrected chi connectivity index (χ2v) is 9.52. The van der Waals surface area contributed by atoms with Crippen molar-refractivity contribution >= 4 is 23.5 Å². The van der Waals surface area contributed by atoms with Gasteiger partial charge in [-0.2, -0.15) is 0 Å². The van der Waals surface area contributed by atoms with Gasteiger partial charge in [-0.25, -0.2) is 0 Å². The van der Waals surface area contributed by atoms with Crippen molar-refractivity contribution in [2.75, 3.05) is 18.1 Å². The van der Waals surface area contributed by atoms with Crippen LogP contribution in [0.5, 0.6) is 0 Å². The minimum absolute atomic E-state index is 0.144. The Bertz CT molecular complexity index is 947. The Balaban J connectivity index is 1.52. The van der Waals surface area contributed by atoms with Gasteiger partial charge in [0.15, 0.2) is 6.61 Å². The Morgan fingerprint density at radius 1 is 1.30 bits per heavy atom. The van der Waals surface area contributed by atoms with Crippen LogP contribution in [0.1, 0.15) is 31.9 Å². The molecule has 3 aliphatic rings. The summed E-state index contributed by atoms with van der Waals surface area (Å²) in [6, 6.07) is 5.93. The first kappa shape index (κ1) is 20.6. The molecule has 160 valence electrons. The zero-order chi connectivity index (χ0) is 21.8. The largest absolute Gasteiger partial charge is 0.455 e. The van der Waals surface area contributed by atoms with E-state index in [-0.39, 0.29) is 18.4 Å². The van der Waals surface area contributed by atoms with Crippen LogP contribution in [0.3, 0.4) is 0 Å². The number of anilines is 1. The van der Waals surface area contributed by atoms with E-state index < -0.39 is 35.0 Å². The molecule has 4 unspecified atom stereocenters. The molecule has 7 nitrogen and oxygen atoms in total. The average Bonchev–Trinajstić information content (AvgIpc) is 3.27. The molecule has 4 rings (SSSR count). The molecule has 1 N–H and O–H groups in total. The Hall–Kier alpha value is -2.67. The van der Waals surface area contributed by atoms with Crippen LogP contribution < -0.4 is 10.2 Å². The van der Waals surface area contributed by atoms with Crippen LogP contribution in [0.15, 0.2) is 30.4 Å². The first-order valence-electron chi connectivity index (χ1n) is 10.2. The van der Waals surface area contributed by atoms with E-state index in [0.29, 0.717) is 6.54 Å². The van der Waals surface area contributed by atoms with Crippen LogP contribution >= 0.6 is 0 Å². The lowest BCUT2D eigenvalue weighted by atomic mass is 9.77. The number of nitrogens with zero attached hydrogens (tertiary/aromatic N) is 1. The molecule has 0 aromatic heterocycles. The van der Waals surface area contributed by atoms with Crippen LogP contribution in [-0.4, -0.2) is 48.2 Å². The summed E-state index contributed by atoms with van der Waals surface area (Å²) in [5.74, 6) is -2.49. The first-order valence-corrected chi connectivity index (χ1v) is 10.2. The number of benzene rings is 1. The highest BCUT2D eigenvalue weighted by molar-refractivity contribution is 6.03. The van der Waals surface area contributed by atoms with Gasteiger partial charge in [-0.3, -0.25) is 14.4 Å². The summed E-state index contributed by atoms with van der Waals surface area (Å²) in [4.78, 5) is 40.0. The van der Waals surface area contributed by atoms with Crippen molar-refractivity contribution in [1.29, 1.82) is 0 Å². The number of esters is 1. The highest BCUT2D eigenvalue weighted by Crippen LogP contribution is 2.53. The van der Waals surface area contributed by atoms with Gasteiger partial charge in [0, 0.05) is 11.2 Å². The van der Waals surface area contributed by atoms with Gasteiger partial charge >= 0.3 is 5.97 Å². The fourth-order valence-electron chi connectivity index (χ4n) is 4.77. The van der Waals surface area contributed by atoms with Gasteiger partial charge in [-0.05, 0) is 46.2 Å². The lowest BCUT2D eigenvalue weighted by Crippen LogP contribution is -2.44. The molecule has 2 saturated heterocycles. The quantitative estimate of drug-likeness (QED) is 0.604. The van der Waals surface area contributed by atoms with Crippen molar-refractivity contribution in [3.05, 3.63) is 41.5 Å². The molecule has 3 heterocycles. The van der Waals surface area contributed by atoms with Gasteiger partial charge in [-0.1, -0.05) is 29.8 Å². The number of ether oxygens (including phenoxy) is 2. The molecule has 30 heavy (non-hydrogen) atoms. The normalized spacial score (nSPS) is 29.3. The molecule has 0 aliphatic carbocycles. The highest BCUT2D eigenvalue weighted by Gasteiger charge is 2.67. The minimum atomic E-state index is -0.823. The minimum Gasteiger partial charge on any atom is -0.455 e. The maximum Gasteiger partial charge on any atom is 0.313 e. The van der Waals surface area contributed by atoms with Crippen molar-refractivity contribution in [3.8, 4) is 0 Å². The lowest BCUT2D eigenvalue weighted by molar-refractivity contribution is -0.156. The Morgan fingerprint density at radius 2 is 2.03 bits per heavy atom. The molecule has 2 amide bonds. The second kappa shape index (κ2) is 6.94. The summed E-state index contributed by atoms with van der Waals surface area (Å²) in [6.45, 7) is 9.51. The fourth-order valence-corrected chi connectivity index (χ4v) is 4.77. The van der Waals surface area contributed by atoms with Gasteiger partial charge in [0.25, 0.3) is 5.91 Å². The van der Waals surface area contributed by atoms with Gasteiger partial charge in [0.2, 0.25) is 5.91 Å². The predicted molar refractivity (Wildman–Crippen MR) is 111 cm³/mol. The van der Waals surface area contributed by atoms with Gasteiger partial charge in [-0.15, -0.1) is 0 Å². The van der Waals surface area contributed by atoms with Crippen molar-refractivity contribution in [2.45, 2.75) is 51.9 Å². The number of carbonyl (C=O) groups excluding carboxylic acids is 3. The fraction of sp³-hybridized carbons (Fsp3) is 0.522. The molecule has 1 aromatic carbocycles. The number of fused-ring (bicyclic) bond motifs is 1. The maximum atomic E-state index is 13.4. The van der Waals surface area contributed by atoms with Crippen molar-refractivity contribution in [3.63, 3.8) is 0 Å². The standard InChI is InChI=1S/C23H28N2O5/c1-13-6-7-15(14(2)10-13)25-12-23-9-8-16(30-23)18(19(23)20(25)27)21(28)29-11-17(26)24-22(3,4)5/h6-10,16,18-19H,11-12H2,1-5H3,(H,24,26). The third-order valence-corrected chi connectivity index (χ3v) is 5.88. The third-order valence-electron chi connectivity index (χ3n) is 5.88. The number of carbonyl (C=O) groups is 3. The van der Waals surface area contributed by atoms with Crippen LogP contribution in [0.25, 0.3) is 0 Å². The predicted octanol–water partition coefficient (Wildman–Crippen LogP) is 2.05. The van der Waals surface area contributed by atoms with E-state index in [9.17, 15) is 14.4 Å². The molecule has 1 aromatic rings. The SMILES string of the molecule is Cc1ccc(N2CC34C=CC(O3)C(C(=O)OCC(=O)NC(C)(C)C)C4C2=O)c(C)c1. The molecular formula is C23H28N2O5. The number of nitrogens with one attached hydrogen (secondary N) is 1. The van der Waals surface area contributed by atoms with Crippen molar-refractivity contribution in [1.82, 2.24) is 5.32 Å². The number of hydrogen-bond acceptors (Lipinski definition) is 5. The first-order chi connectivity index (χ1) is 14.0. The Kier molecular flexibility index (Phi) is 4.77. The van der Waals surface area contributed by atoms with Crippen molar-refractivity contribution in [2.24, 2.45) is 11.8 Å². The molecule has 7 heteroatoms. The van der Waals surface area contributed by atoms with Gasteiger partial charge < -0.3 is 19.7 Å². The number of aryl methyl sites for hydroxylation is 2. The molecule has 2 bridgehead atoms. The van der Waals surface area contributed by atoms with Crippen LogP contribution in [0, 0.1) is 25.7 Å². The Morgan fingerprint density at radius 3 is 2.70 bits per heavy atom. The number of rotatable bonds is 4. The van der Waals surface area contributed by atoms with Gasteiger partial charge in [0.05, 0.1) is 18.6 Å². The molecular weight excluding hydrogens is 384 g/mol. The van der Waals surface area contributed by atoms with E-state index in [0.717, 1.165) is 16.8 Å². The summed E-state index contributed by atoms with van der Waals surface area (Å²) < 4.78 is 11.4. The smallest absolute Gasteiger partial charge is 0.313 e. The van der Waals surface area contributed by atoms with E-state index in [1.807, 2.05) is 65.0 Å². The zero-order valence-corrected chi connectivity index (χ0v) is 18.0. The second-order valence-electron chi connectivity index (χ2n) is 9.52. The highest BCUT2D eigenvalue weighted by atomic mass is 16.6. The zero-order valence-electron chi connectivity index (χ0n) is 18.0. The number of hydrogen-bond donors (Lipinski definition) is 1. The molecule has 1 spiro atoms. The van der Waals surface area contributed by atoms with E-state index >= 15 is 0 Å². The van der Waals surface area contributed by atoms with E-state index in [4.69, 9.17) is 9.47 Å². The monoisotopic (exact) mass is 412 g/mol. The topological polar surface area (TPSA) is 84.9 Å². The van der Waals surface area contributed by atoms with E-state index in [1.54, 1.807) is 4.90 Å². The van der Waals surface area contributed by atoms with Crippen LogP contribution in [0.4, 0.5) is 5.69 Å². The molecule has 3 aliphatic heterocycles. The van der Waals surface area contributed by atoms with E-state index in [2.05, 4.69) is 5.32 Å². The van der Waals surface area contributed by atoms with E-state index in [1.165, 1.54) is 0 Å². The summed E-state index contributed by atoms with van der Waals surface area (Å²) in [5, 5.41) is 2.76. The lowest BCUT2D eigenvalue weighted by Gasteiger charge is -2.24. The van der Waals surface area contributed by atoms with Crippen LogP contribution in [0.2, 0.25) is 0 Å². The number of amides is 2. The summed E-state index contributed by atoms with van der Waals surface area (Å²) in [5.41, 5.74) is 1.70. The van der Waals surface area contributed by atoms with Crippen molar-refractivity contribution < 1.29 is 23.9 Å². The van der Waals surface area contributed by atoms with Gasteiger partial charge in [0.1, 0.15) is 11.5 Å². The molecule has 4 atom stereocenters. The maximum absolute atomic E-state index is 13.4. The summed E-state index contributed by atoms with van der Waals surface area (Å²) in [6.07, 6.45) is 3.23. The van der Waals surface area contributed by atoms with Crippen LogP contribution in [-0.2, 0) is 23.9 Å². The summed E-state index contributed by atoms with van der Waals surface area (Å²) in [7, 11) is 0. The molecule has 0 saturated carbocycles.